The van der Waals surface area contributed by atoms with Crippen molar-refractivity contribution >= 4 is 27.3 Å². The fraction of sp³-hybridized carbons (Fsp3) is 0. The molecule has 0 rings (SSSR count). The second-order valence-electron chi connectivity index (χ2n) is 0.0816. The number of hydrogen-bond acceptors (Lipinski definition) is 2. The zero-order chi connectivity index (χ0) is 2.71. The van der Waals surface area contributed by atoms with Gasteiger partial charge in [-0.25, -0.2) is 0 Å². The summed E-state index contributed by atoms with van der Waals surface area (Å²) in [5.41, 5.74) is 0. The summed E-state index contributed by atoms with van der Waals surface area (Å²) in [7, 11) is 0. The van der Waals surface area contributed by atoms with Gasteiger partial charge < -0.3 is 5.21 Å². The Kier molecular flexibility index (Phi) is 22.7. The van der Waals surface area contributed by atoms with Crippen molar-refractivity contribution in [2.45, 2.75) is 0 Å². The molecule has 3 nitrogen and oxygen atoms in total. The van der Waals surface area contributed by atoms with E-state index in [4.69, 9.17) is 10.1 Å². The molecule has 0 amide bonds. The zero-order valence-electron chi connectivity index (χ0n) is 2.01. The molecule has 0 bridgehead atoms. The van der Waals surface area contributed by atoms with Gasteiger partial charge in [0.2, 0.25) is 0 Å². The number of rotatable bonds is 0. The maximum atomic E-state index is 8.11. The number of hydrogen-bond donors (Lipinski definition) is 1. The van der Waals surface area contributed by atoms with E-state index >= 15 is 0 Å². The van der Waals surface area contributed by atoms with Crippen molar-refractivity contribution in [3.8, 4) is 0 Å². The second-order valence-corrected chi connectivity index (χ2v) is 0.0816. The molecule has 0 spiro atoms. The van der Waals surface area contributed by atoms with E-state index in [9.17, 15) is 0 Å². The molecule has 0 fully saturated rings. The van der Waals surface area contributed by atoms with Gasteiger partial charge in [-0.05, 0) is 0 Å². The average molecular weight is 256 g/mol. The first-order chi connectivity index (χ1) is 1.41. The van der Waals surface area contributed by atoms with Crippen LogP contribution in [0.5, 0.6) is 0 Å². The summed E-state index contributed by atoms with van der Waals surface area (Å²) in [6.07, 6.45) is 0. The van der Waals surface area contributed by atoms with E-state index in [-0.39, 0.29) is 27.3 Å². The molecule has 0 aromatic carbocycles. The fourth-order valence-electron chi connectivity index (χ4n) is 0. The summed E-state index contributed by atoms with van der Waals surface area (Å²) >= 11 is 0. The van der Waals surface area contributed by atoms with Crippen molar-refractivity contribution in [1.82, 2.24) is 0 Å². The van der Waals surface area contributed by atoms with Gasteiger partial charge in [0.25, 0.3) is 0 Å². The maximum absolute atomic E-state index is 8.11. The van der Waals surface area contributed by atoms with Gasteiger partial charge in [0.1, 0.15) is 0 Å². The molecule has 0 aromatic rings. The van der Waals surface area contributed by atoms with Crippen LogP contribution in [0, 0.1) is 4.91 Å². The molecule has 0 aliphatic carbocycles. The van der Waals surface area contributed by atoms with E-state index in [1.807, 2.05) is 0 Å². The predicted octanol–water partition coefficient (Wildman–Crippen LogP) is -0.774. The van der Waals surface area contributed by atoms with E-state index in [2.05, 4.69) is 0 Å². The normalized spacial score (nSPS) is 3.00. The van der Waals surface area contributed by atoms with Crippen LogP contribution in [-0.4, -0.2) is 32.5 Å². The standard InChI is InChI=1S/HNO2.Pb.2H/c2-1-3;;;/h(H,2,3);;;. The first-order valence-electron chi connectivity index (χ1n) is 0.383. The molecule has 0 aliphatic heterocycles. The second kappa shape index (κ2) is 10.2. The summed E-state index contributed by atoms with van der Waals surface area (Å²) in [5, 5.41) is 7.89. The Balaban J connectivity index is 0. The molecule has 1 N–H and O–H groups in total. The van der Waals surface area contributed by atoms with Crippen LogP contribution in [0.15, 0.2) is 5.34 Å². The van der Waals surface area contributed by atoms with Crippen molar-refractivity contribution in [3.63, 3.8) is 0 Å². The molecular formula is H3NO2Pb. The van der Waals surface area contributed by atoms with Gasteiger partial charge in [0.15, 0.2) is 5.34 Å². The van der Waals surface area contributed by atoms with Crippen LogP contribution in [-0.2, 0) is 0 Å². The molecular weight excluding hydrogens is 253 g/mol. The summed E-state index contributed by atoms with van der Waals surface area (Å²) in [6.45, 7) is 0. The fourth-order valence-corrected chi connectivity index (χ4v) is 0. The Bertz CT molecular complexity index is 13.5. The SMILES string of the molecule is O=NO.[PbH2]. The van der Waals surface area contributed by atoms with Crippen LogP contribution >= 0.6 is 0 Å². The Hall–Kier alpha value is 0.322. The van der Waals surface area contributed by atoms with Gasteiger partial charge in [-0.3, -0.25) is 0 Å². The van der Waals surface area contributed by atoms with E-state index in [1.165, 1.54) is 5.34 Å². The van der Waals surface area contributed by atoms with Crippen LogP contribution in [0.2, 0.25) is 0 Å². The molecule has 0 atom stereocenters. The molecule has 0 unspecified atom stereocenters. The third-order valence-electron chi connectivity index (χ3n) is 0. The minimum atomic E-state index is 0. The molecule has 0 aliphatic rings. The van der Waals surface area contributed by atoms with Crippen molar-refractivity contribution in [3.05, 3.63) is 4.91 Å². The Labute approximate surface area is 43.1 Å². The molecule has 4 heavy (non-hydrogen) atoms. The Morgan fingerprint density at radius 1 is 1.75 bits per heavy atom. The molecule has 0 saturated carbocycles. The quantitative estimate of drug-likeness (QED) is 0.351. The van der Waals surface area contributed by atoms with E-state index in [0.717, 1.165) is 0 Å². The predicted molar refractivity (Wildman–Crippen MR) is 16.1 cm³/mol. The van der Waals surface area contributed by atoms with Gasteiger partial charge in [0, 0.05) is 0 Å². The van der Waals surface area contributed by atoms with Crippen LogP contribution in [0.3, 0.4) is 0 Å². The van der Waals surface area contributed by atoms with Gasteiger partial charge >= 0.3 is 27.3 Å². The third-order valence-corrected chi connectivity index (χ3v) is 0. The summed E-state index contributed by atoms with van der Waals surface area (Å²) < 4.78 is 0. The molecule has 0 heterocycles. The topological polar surface area (TPSA) is 49.7 Å². The average Bonchev–Trinajstić information content (AvgIpc) is 0.918. The first-order valence-corrected chi connectivity index (χ1v) is 0.383. The molecule has 24 valence electrons. The first kappa shape index (κ1) is 8.85. The van der Waals surface area contributed by atoms with E-state index < -0.39 is 0 Å². The molecule has 0 saturated heterocycles. The summed E-state index contributed by atoms with van der Waals surface area (Å²) in [6, 6.07) is 0. The third kappa shape index (κ3) is 39.1. The van der Waals surface area contributed by atoms with Crippen molar-refractivity contribution in [2.75, 3.05) is 0 Å². The number of nitrogens with zero attached hydrogens (tertiary/aromatic N) is 1. The zero-order valence-corrected chi connectivity index (χ0v) is 7.51. The van der Waals surface area contributed by atoms with Crippen LogP contribution < -0.4 is 0 Å². The van der Waals surface area contributed by atoms with Crippen molar-refractivity contribution < 1.29 is 5.21 Å². The van der Waals surface area contributed by atoms with Crippen molar-refractivity contribution in [2.24, 2.45) is 5.34 Å². The van der Waals surface area contributed by atoms with Crippen molar-refractivity contribution in [1.29, 1.82) is 0 Å². The minimum absolute atomic E-state index is 0. The monoisotopic (exact) mass is 257 g/mol. The Morgan fingerprint density at radius 3 is 1.75 bits per heavy atom. The molecule has 2 radical (unpaired) electrons. The van der Waals surface area contributed by atoms with Crippen LogP contribution in [0.25, 0.3) is 0 Å². The molecule has 0 aromatic heterocycles. The summed E-state index contributed by atoms with van der Waals surface area (Å²) in [4.78, 5) is 8.11. The van der Waals surface area contributed by atoms with Crippen LogP contribution in [0.4, 0.5) is 0 Å². The molecule has 4 heteroatoms. The van der Waals surface area contributed by atoms with Gasteiger partial charge in [-0.15, -0.1) is 4.91 Å². The van der Waals surface area contributed by atoms with Crippen LogP contribution in [0.1, 0.15) is 0 Å². The van der Waals surface area contributed by atoms with E-state index in [1.54, 1.807) is 0 Å². The van der Waals surface area contributed by atoms with Gasteiger partial charge in [-0.2, -0.15) is 0 Å². The summed E-state index contributed by atoms with van der Waals surface area (Å²) in [5.74, 6) is 0. The van der Waals surface area contributed by atoms with E-state index in [0.29, 0.717) is 0 Å². The van der Waals surface area contributed by atoms with Gasteiger partial charge in [0.05, 0.1) is 0 Å². The van der Waals surface area contributed by atoms with Gasteiger partial charge in [-0.1, -0.05) is 0 Å². The Morgan fingerprint density at radius 2 is 1.75 bits per heavy atom.